The van der Waals surface area contributed by atoms with Crippen molar-refractivity contribution in [3.05, 3.63) is 79.9 Å². The molecule has 8 heteroatoms. The van der Waals surface area contributed by atoms with E-state index in [1.807, 2.05) is 0 Å². The first kappa shape index (κ1) is 17.1. The number of non-ortho nitro benzene ring substituents is 2. The van der Waals surface area contributed by atoms with Crippen LogP contribution in [0.2, 0.25) is 0 Å². The summed E-state index contributed by atoms with van der Waals surface area (Å²) in [4.78, 5) is 31.6. The maximum atomic E-state index is 11.1. The second kappa shape index (κ2) is 7.32. The lowest BCUT2D eigenvalue weighted by Gasteiger charge is -2.17. The monoisotopic (exact) mass is 330 g/mol. The van der Waals surface area contributed by atoms with Crippen molar-refractivity contribution in [2.75, 3.05) is 6.61 Å². The van der Waals surface area contributed by atoms with Crippen LogP contribution in [0.15, 0.2) is 48.5 Å². The molecule has 0 bridgehead atoms. The molecule has 0 heterocycles. The summed E-state index contributed by atoms with van der Waals surface area (Å²) in [5.41, 5.74) is 1.31. The molecule has 0 amide bonds. The zero-order valence-electron chi connectivity index (χ0n) is 12.7. The number of benzene rings is 2. The number of nitro groups is 2. The number of hydrogen-bond acceptors (Lipinski definition) is 6. The van der Waals surface area contributed by atoms with Crippen molar-refractivity contribution in [3.63, 3.8) is 0 Å². The van der Waals surface area contributed by atoms with Gasteiger partial charge >= 0.3 is 5.97 Å². The molecule has 0 radical (unpaired) electrons. The Balaban J connectivity index is 2.34. The molecule has 0 aromatic heterocycles. The minimum absolute atomic E-state index is 0.0327. The van der Waals surface area contributed by atoms with E-state index < -0.39 is 15.8 Å². The molecular formula is C16H14N2O6. The third-order valence-corrected chi connectivity index (χ3v) is 3.47. The van der Waals surface area contributed by atoms with Crippen molar-refractivity contribution in [1.29, 1.82) is 0 Å². The quantitative estimate of drug-likeness (QED) is 0.456. The summed E-state index contributed by atoms with van der Waals surface area (Å²) in [7, 11) is 0. The maximum absolute atomic E-state index is 11.1. The number of hydrogen-bond donors (Lipinski definition) is 0. The van der Waals surface area contributed by atoms with Gasteiger partial charge in [0.15, 0.2) is 0 Å². The van der Waals surface area contributed by atoms with Crippen LogP contribution in [0.5, 0.6) is 0 Å². The molecule has 0 saturated carbocycles. The Morgan fingerprint density at radius 3 is 1.58 bits per heavy atom. The van der Waals surface area contributed by atoms with E-state index in [0.29, 0.717) is 11.1 Å². The van der Waals surface area contributed by atoms with Crippen molar-refractivity contribution >= 4 is 17.3 Å². The number of esters is 1. The maximum Gasteiger partial charge on any atom is 0.302 e. The van der Waals surface area contributed by atoms with Crippen LogP contribution in [0, 0.1) is 20.2 Å². The van der Waals surface area contributed by atoms with Gasteiger partial charge in [0, 0.05) is 37.1 Å². The largest absolute Gasteiger partial charge is 0.465 e. The van der Waals surface area contributed by atoms with Gasteiger partial charge in [-0.25, -0.2) is 0 Å². The van der Waals surface area contributed by atoms with Gasteiger partial charge in [-0.3, -0.25) is 25.0 Å². The number of nitrogens with zero attached hydrogens (tertiary/aromatic N) is 2. The molecule has 2 aromatic carbocycles. The second-order valence-corrected chi connectivity index (χ2v) is 5.05. The van der Waals surface area contributed by atoms with Gasteiger partial charge in [-0.05, 0) is 11.1 Å². The fourth-order valence-electron chi connectivity index (χ4n) is 2.24. The van der Waals surface area contributed by atoms with Crippen LogP contribution in [0.25, 0.3) is 0 Å². The molecule has 2 aromatic rings. The van der Waals surface area contributed by atoms with Crippen LogP contribution in [0.3, 0.4) is 0 Å². The normalized spacial score (nSPS) is 10.4. The summed E-state index contributed by atoms with van der Waals surface area (Å²) in [6, 6.07) is 11.8. The zero-order chi connectivity index (χ0) is 17.7. The van der Waals surface area contributed by atoms with Crippen LogP contribution in [-0.4, -0.2) is 22.4 Å². The van der Waals surface area contributed by atoms with Crippen LogP contribution >= 0.6 is 0 Å². The second-order valence-electron chi connectivity index (χ2n) is 5.05. The third kappa shape index (κ3) is 4.13. The first-order chi connectivity index (χ1) is 11.4. The summed E-state index contributed by atoms with van der Waals surface area (Å²) in [5, 5.41) is 21.5. The number of carbonyl (C=O) groups excluding carboxylic acids is 1. The van der Waals surface area contributed by atoms with E-state index in [4.69, 9.17) is 4.74 Å². The van der Waals surface area contributed by atoms with Gasteiger partial charge in [-0.15, -0.1) is 0 Å². The van der Waals surface area contributed by atoms with E-state index in [1.54, 1.807) is 24.3 Å². The van der Waals surface area contributed by atoms with Crippen molar-refractivity contribution in [1.82, 2.24) is 0 Å². The Hall–Kier alpha value is -3.29. The fraction of sp³-hybridized carbons (Fsp3) is 0.188. The molecule has 0 fully saturated rings. The van der Waals surface area contributed by atoms with Crippen LogP contribution in [0.4, 0.5) is 11.4 Å². The van der Waals surface area contributed by atoms with Gasteiger partial charge in [0.2, 0.25) is 0 Å². The van der Waals surface area contributed by atoms with Gasteiger partial charge < -0.3 is 4.74 Å². The predicted octanol–water partition coefficient (Wildman–Crippen LogP) is 3.20. The molecule has 0 aliphatic rings. The van der Waals surface area contributed by atoms with Crippen LogP contribution in [0.1, 0.15) is 24.0 Å². The van der Waals surface area contributed by atoms with Crippen LogP contribution in [-0.2, 0) is 9.53 Å². The van der Waals surface area contributed by atoms with Gasteiger partial charge in [0.05, 0.1) is 9.85 Å². The van der Waals surface area contributed by atoms with E-state index in [-0.39, 0.29) is 23.9 Å². The standard InChI is InChI=1S/C16H14N2O6/c1-11(19)24-10-16(12-2-6-14(7-3-12)17(20)21)13-4-8-15(9-5-13)18(22)23/h2-9,16H,10H2,1H3. The molecule has 0 spiro atoms. The van der Waals surface area contributed by atoms with E-state index in [2.05, 4.69) is 0 Å². The summed E-state index contributed by atoms with van der Waals surface area (Å²) in [6.45, 7) is 1.31. The number of carbonyl (C=O) groups is 1. The summed E-state index contributed by atoms with van der Waals surface area (Å²) < 4.78 is 5.06. The minimum Gasteiger partial charge on any atom is -0.465 e. The van der Waals surface area contributed by atoms with E-state index >= 15 is 0 Å². The van der Waals surface area contributed by atoms with E-state index in [9.17, 15) is 25.0 Å². The van der Waals surface area contributed by atoms with E-state index in [0.717, 1.165) is 0 Å². The van der Waals surface area contributed by atoms with Crippen molar-refractivity contribution in [3.8, 4) is 0 Å². The average molecular weight is 330 g/mol. The van der Waals surface area contributed by atoms with Gasteiger partial charge in [0.1, 0.15) is 6.61 Å². The molecule has 0 aliphatic carbocycles. The Kier molecular flexibility index (Phi) is 5.20. The Morgan fingerprint density at radius 2 is 1.29 bits per heavy atom. The topological polar surface area (TPSA) is 113 Å². The molecule has 124 valence electrons. The molecule has 2 rings (SSSR count). The lowest BCUT2D eigenvalue weighted by molar-refractivity contribution is -0.385. The third-order valence-electron chi connectivity index (χ3n) is 3.47. The number of nitro benzene ring substituents is 2. The first-order valence-corrected chi connectivity index (χ1v) is 7.00. The molecule has 0 N–H and O–H groups in total. The molecule has 0 aliphatic heterocycles. The smallest absolute Gasteiger partial charge is 0.302 e. The summed E-state index contributed by atoms with van der Waals surface area (Å²) >= 11 is 0. The van der Waals surface area contributed by atoms with Gasteiger partial charge in [-0.1, -0.05) is 24.3 Å². The summed E-state index contributed by atoms with van der Waals surface area (Å²) in [6.07, 6.45) is 0. The molecule has 0 unspecified atom stereocenters. The average Bonchev–Trinajstić information content (AvgIpc) is 2.55. The number of ether oxygens (including phenoxy) is 1. The van der Waals surface area contributed by atoms with Crippen molar-refractivity contribution < 1.29 is 19.4 Å². The highest BCUT2D eigenvalue weighted by atomic mass is 16.6. The lowest BCUT2D eigenvalue weighted by atomic mass is 9.91. The number of rotatable bonds is 6. The Bertz CT molecular complexity index is 698. The SMILES string of the molecule is CC(=O)OCC(c1ccc([N+](=O)[O-])cc1)c1ccc([N+](=O)[O-])cc1. The minimum atomic E-state index is -0.503. The first-order valence-electron chi connectivity index (χ1n) is 7.00. The highest BCUT2D eigenvalue weighted by Crippen LogP contribution is 2.28. The highest BCUT2D eigenvalue weighted by molar-refractivity contribution is 5.66. The predicted molar refractivity (Wildman–Crippen MR) is 84.7 cm³/mol. The van der Waals surface area contributed by atoms with Crippen LogP contribution < -0.4 is 0 Å². The molecule has 0 saturated heterocycles. The highest BCUT2D eigenvalue weighted by Gasteiger charge is 2.18. The zero-order valence-corrected chi connectivity index (χ0v) is 12.7. The van der Waals surface area contributed by atoms with E-state index in [1.165, 1.54) is 31.2 Å². The summed E-state index contributed by atoms with van der Waals surface area (Å²) in [5.74, 6) is -0.834. The van der Waals surface area contributed by atoms with Crippen molar-refractivity contribution in [2.24, 2.45) is 0 Å². The fourth-order valence-corrected chi connectivity index (χ4v) is 2.24. The Morgan fingerprint density at radius 1 is 0.917 bits per heavy atom. The van der Waals surface area contributed by atoms with Crippen molar-refractivity contribution in [2.45, 2.75) is 12.8 Å². The molecule has 24 heavy (non-hydrogen) atoms. The van der Waals surface area contributed by atoms with Gasteiger partial charge in [-0.2, -0.15) is 0 Å². The molecule has 0 atom stereocenters. The molecular weight excluding hydrogens is 316 g/mol. The molecule has 8 nitrogen and oxygen atoms in total. The Labute approximate surface area is 137 Å². The van der Waals surface area contributed by atoms with Gasteiger partial charge in [0.25, 0.3) is 11.4 Å². The lowest BCUT2D eigenvalue weighted by Crippen LogP contribution is -2.12.